The molecule has 0 saturated carbocycles. The molecule has 1 N–H and O–H groups in total. The van der Waals surface area contributed by atoms with E-state index in [1.165, 1.54) is 16.3 Å². The van der Waals surface area contributed by atoms with Crippen molar-refractivity contribution in [1.29, 1.82) is 5.41 Å². The second-order valence-electron chi connectivity index (χ2n) is 7.55. The zero-order chi connectivity index (χ0) is 19.0. The average Bonchev–Trinajstić information content (AvgIpc) is 3.02. The van der Waals surface area contributed by atoms with E-state index in [1.807, 2.05) is 12.1 Å². The molecule has 0 heterocycles. The predicted octanol–water partition coefficient (Wildman–Crippen LogP) is 6.43. The summed E-state index contributed by atoms with van der Waals surface area (Å²) in [6, 6.07) is 23.0. The van der Waals surface area contributed by atoms with Gasteiger partial charge in [0.15, 0.2) is 0 Å². The minimum absolute atomic E-state index is 0.0962. The maximum Gasteiger partial charge on any atom is 0.0703 e. The summed E-state index contributed by atoms with van der Waals surface area (Å²) in [6.45, 7) is 7.89. The maximum absolute atomic E-state index is 8.65. The van der Waals surface area contributed by atoms with E-state index in [4.69, 9.17) is 5.41 Å². The molecule has 3 aromatic carbocycles. The van der Waals surface area contributed by atoms with Gasteiger partial charge in [0.25, 0.3) is 0 Å². The lowest BCUT2D eigenvalue weighted by Gasteiger charge is -2.11. The zero-order valence-corrected chi connectivity index (χ0v) is 15.7. The number of benzene rings is 3. The van der Waals surface area contributed by atoms with E-state index in [9.17, 15) is 0 Å². The number of nitrogens with one attached hydrogen (secondary N) is 1. The van der Waals surface area contributed by atoms with Crippen molar-refractivity contribution < 1.29 is 0 Å². The molecule has 0 atom stereocenters. The molecule has 0 unspecified atom stereocenters. The summed E-state index contributed by atoms with van der Waals surface area (Å²) in [6.07, 6.45) is 4.16. The summed E-state index contributed by atoms with van der Waals surface area (Å²) in [4.78, 5) is 4.11. The van der Waals surface area contributed by atoms with Crippen molar-refractivity contribution in [3.05, 3.63) is 95.7 Å². The first-order valence-electron chi connectivity index (χ1n) is 9.09. The largest absolute Gasteiger partial charge is 0.300 e. The molecule has 27 heavy (non-hydrogen) atoms. The Kier molecular flexibility index (Phi) is 4.12. The number of rotatable bonds is 4. The Bertz CT molecular complexity index is 1110. The Morgan fingerprint density at radius 3 is 2.33 bits per heavy atom. The van der Waals surface area contributed by atoms with Crippen molar-refractivity contribution in [2.24, 2.45) is 10.4 Å². The quantitative estimate of drug-likeness (QED) is 0.527. The highest BCUT2D eigenvalue weighted by Crippen LogP contribution is 2.36. The van der Waals surface area contributed by atoms with Crippen molar-refractivity contribution in [1.82, 2.24) is 0 Å². The molecule has 1 aliphatic carbocycles. The number of aliphatic imine (C=N–C) groups is 1. The molecule has 0 aliphatic heterocycles. The molecule has 4 rings (SSSR count). The fraction of sp³-hybridized carbons (Fsp3) is 0.120. The number of nitrogens with zero attached hydrogens (tertiary/aromatic N) is 1. The molecule has 0 saturated heterocycles. The summed E-state index contributed by atoms with van der Waals surface area (Å²) in [5.74, 6) is 0. The highest BCUT2D eigenvalue weighted by molar-refractivity contribution is 6.14. The van der Waals surface area contributed by atoms with Gasteiger partial charge in [-0.15, -0.1) is 0 Å². The number of allylic oxidation sites excluding steroid dienone is 3. The van der Waals surface area contributed by atoms with E-state index < -0.39 is 0 Å². The van der Waals surface area contributed by atoms with Crippen LogP contribution in [0.1, 0.15) is 19.4 Å². The summed E-state index contributed by atoms with van der Waals surface area (Å²) in [7, 11) is 0. The van der Waals surface area contributed by atoms with Gasteiger partial charge in [-0.1, -0.05) is 86.7 Å². The molecule has 0 fully saturated rings. The molecular weight excluding hydrogens is 328 g/mol. The maximum atomic E-state index is 8.65. The Hall–Kier alpha value is -3.26. The third kappa shape index (κ3) is 3.15. The van der Waals surface area contributed by atoms with Gasteiger partial charge in [-0.3, -0.25) is 10.4 Å². The monoisotopic (exact) mass is 350 g/mol. The van der Waals surface area contributed by atoms with Crippen molar-refractivity contribution in [3.8, 4) is 11.1 Å². The fourth-order valence-electron chi connectivity index (χ4n) is 3.70. The molecular formula is C25H22N2. The van der Waals surface area contributed by atoms with Gasteiger partial charge in [0.2, 0.25) is 0 Å². The smallest absolute Gasteiger partial charge is 0.0703 e. The molecule has 2 heteroatoms. The van der Waals surface area contributed by atoms with Gasteiger partial charge >= 0.3 is 0 Å². The van der Waals surface area contributed by atoms with Crippen LogP contribution in [0.25, 0.3) is 21.9 Å². The Morgan fingerprint density at radius 2 is 1.59 bits per heavy atom. The lowest BCUT2D eigenvalue weighted by molar-refractivity contribution is 0.634. The van der Waals surface area contributed by atoms with Crippen molar-refractivity contribution >= 4 is 23.2 Å². The van der Waals surface area contributed by atoms with Crippen molar-refractivity contribution in [2.45, 2.75) is 13.8 Å². The Labute approximate surface area is 160 Å². The Balaban J connectivity index is 1.70. The fourth-order valence-corrected chi connectivity index (χ4v) is 3.70. The molecule has 0 amide bonds. The summed E-state index contributed by atoms with van der Waals surface area (Å²) in [5.41, 5.74) is 5.29. The molecule has 132 valence electrons. The molecule has 0 bridgehead atoms. The van der Waals surface area contributed by atoms with E-state index in [-0.39, 0.29) is 5.41 Å². The first-order chi connectivity index (χ1) is 13.0. The van der Waals surface area contributed by atoms with Gasteiger partial charge in [0.1, 0.15) is 0 Å². The van der Waals surface area contributed by atoms with E-state index in [0.717, 1.165) is 22.4 Å². The first-order valence-corrected chi connectivity index (χ1v) is 9.09. The SMILES string of the molecule is C=NC1=CC(C)(C)C=C1C(=N)c1ccc(-c2cccc3ccccc23)cc1. The summed E-state index contributed by atoms with van der Waals surface area (Å²) < 4.78 is 0. The average molecular weight is 350 g/mol. The van der Waals surface area contributed by atoms with E-state index >= 15 is 0 Å². The highest BCUT2D eigenvalue weighted by Gasteiger charge is 2.25. The van der Waals surface area contributed by atoms with Crippen LogP contribution in [0, 0.1) is 10.8 Å². The Morgan fingerprint density at radius 1 is 0.889 bits per heavy atom. The van der Waals surface area contributed by atoms with Gasteiger partial charge < -0.3 is 0 Å². The summed E-state index contributed by atoms with van der Waals surface area (Å²) in [5, 5.41) is 11.1. The van der Waals surface area contributed by atoms with Crippen molar-refractivity contribution in [2.75, 3.05) is 0 Å². The van der Waals surface area contributed by atoms with E-state index in [2.05, 4.69) is 92.3 Å². The van der Waals surface area contributed by atoms with Gasteiger partial charge in [-0.05, 0) is 34.7 Å². The third-order valence-electron chi connectivity index (χ3n) is 5.01. The highest BCUT2D eigenvalue weighted by atomic mass is 14.7. The van der Waals surface area contributed by atoms with Crippen molar-refractivity contribution in [3.63, 3.8) is 0 Å². The van der Waals surface area contributed by atoms with Crippen LogP contribution < -0.4 is 0 Å². The minimum atomic E-state index is -0.0962. The van der Waals surface area contributed by atoms with Crippen LogP contribution in [0.4, 0.5) is 0 Å². The lowest BCUT2D eigenvalue weighted by atomic mass is 9.94. The van der Waals surface area contributed by atoms with Gasteiger partial charge in [-0.25, -0.2) is 0 Å². The first kappa shape index (κ1) is 17.2. The second kappa shape index (κ2) is 6.48. The molecule has 2 nitrogen and oxygen atoms in total. The van der Waals surface area contributed by atoms with Crippen LogP contribution in [0.3, 0.4) is 0 Å². The second-order valence-corrected chi connectivity index (χ2v) is 7.55. The van der Waals surface area contributed by atoms with Gasteiger partial charge in [-0.2, -0.15) is 0 Å². The van der Waals surface area contributed by atoms with Gasteiger partial charge in [0.05, 0.1) is 11.4 Å². The predicted molar refractivity (Wildman–Crippen MR) is 116 cm³/mol. The normalized spacial score (nSPS) is 15.3. The summed E-state index contributed by atoms with van der Waals surface area (Å²) >= 11 is 0. The molecule has 0 aromatic heterocycles. The van der Waals surface area contributed by atoms with Crippen LogP contribution in [0.15, 0.2) is 95.1 Å². The van der Waals surface area contributed by atoms with Crippen LogP contribution in [-0.4, -0.2) is 12.4 Å². The van der Waals surface area contributed by atoms with Crippen LogP contribution >= 0.6 is 0 Å². The van der Waals surface area contributed by atoms with Crippen LogP contribution in [0.2, 0.25) is 0 Å². The molecule has 0 spiro atoms. The number of hydrogen-bond acceptors (Lipinski definition) is 2. The standard InChI is InChI=1S/C25H22N2/c1-25(2)15-22(23(16-25)27-3)24(26)19-13-11-18(12-14-19)21-10-6-8-17-7-4-5-9-20(17)21/h4-16,26H,3H2,1-2H3. The molecule has 3 aromatic rings. The molecule has 0 radical (unpaired) electrons. The topological polar surface area (TPSA) is 36.2 Å². The van der Waals surface area contributed by atoms with Crippen LogP contribution in [-0.2, 0) is 0 Å². The zero-order valence-electron chi connectivity index (χ0n) is 15.7. The molecule has 1 aliphatic rings. The van der Waals surface area contributed by atoms with E-state index in [0.29, 0.717) is 5.71 Å². The number of fused-ring (bicyclic) bond motifs is 1. The van der Waals surface area contributed by atoms with Gasteiger partial charge in [0, 0.05) is 16.6 Å². The number of hydrogen-bond donors (Lipinski definition) is 1. The lowest BCUT2D eigenvalue weighted by Crippen LogP contribution is -2.04. The third-order valence-corrected chi connectivity index (χ3v) is 5.01. The minimum Gasteiger partial charge on any atom is -0.300 e. The van der Waals surface area contributed by atoms with Crippen LogP contribution in [0.5, 0.6) is 0 Å². The van der Waals surface area contributed by atoms with E-state index in [1.54, 1.807) is 0 Å².